The van der Waals surface area contributed by atoms with E-state index in [1.807, 2.05) is 0 Å². The molecule has 0 spiro atoms. The van der Waals surface area contributed by atoms with Gasteiger partial charge in [0.15, 0.2) is 6.04 Å². The fourth-order valence-corrected chi connectivity index (χ4v) is 2.13. The SMILES string of the molecule is CC(C)(C)C[NH+]1CCNC(=O)C1CC(=O)[O-]. The molecular weight excluding hydrogens is 208 g/mol. The number of carbonyl (C=O) groups is 2. The number of amides is 1. The molecule has 0 aliphatic carbocycles. The van der Waals surface area contributed by atoms with Crippen LogP contribution in [-0.2, 0) is 9.59 Å². The van der Waals surface area contributed by atoms with E-state index >= 15 is 0 Å². The fraction of sp³-hybridized carbons (Fsp3) is 0.818. The molecule has 0 aromatic rings. The Morgan fingerprint density at radius 2 is 2.19 bits per heavy atom. The Hall–Kier alpha value is -1.10. The van der Waals surface area contributed by atoms with Crippen LogP contribution in [0.15, 0.2) is 0 Å². The van der Waals surface area contributed by atoms with Gasteiger partial charge >= 0.3 is 0 Å². The molecule has 16 heavy (non-hydrogen) atoms. The average Bonchev–Trinajstić information content (AvgIpc) is 2.08. The van der Waals surface area contributed by atoms with Crippen molar-refractivity contribution in [2.24, 2.45) is 5.41 Å². The average molecular weight is 228 g/mol. The van der Waals surface area contributed by atoms with Crippen molar-refractivity contribution in [1.82, 2.24) is 5.32 Å². The van der Waals surface area contributed by atoms with E-state index in [9.17, 15) is 14.7 Å². The van der Waals surface area contributed by atoms with E-state index in [0.29, 0.717) is 6.54 Å². The molecule has 1 amide bonds. The summed E-state index contributed by atoms with van der Waals surface area (Å²) in [5, 5.41) is 13.3. The van der Waals surface area contributed by atoms with Gasteiger partial charge in [-0.15, -0.1) is 0 Å². The quantitative estimate of drug-likeness (QED) is 0.563. The molecule has 1 heterocycles. The highest BCUT2D eigenvalue weighted by molar-refractivity contribution is 5.84. The van der Waals surface area contributed by atoms with Crippen LogP contribution in [0.3, 0.4) is 0 Å². The largest absolute Gasteiger partial charge is 0.550 e. The lowest BCUT2D eigenvalue weighted by Crippen LogP contribution is -3.20. The van der Waals surface area contributed by atoms with Crippen molar-refractivity contribution in [2.45, 2.75) is 33.2 Å². The summed E-state index contributed by atoms with van der Waals surface area (Å²) in [4.78, 5) is 23.3. The third-order valence-corrected chi connectivity index (χ3v) is 2.68. The Kier molecular flexibility index (Phi) is 3.91. The lowest BCUT2D eigenvalue weighted by molar-refractivity contribution is -0.923. The van der Waals surface area contributed by atoms with E-state index in [1.165, 1.54) is 0 Å². The summed E-state index contributed by atoms with van der Waals surface area (Å²) in [5.41, 5.74) is 0.0805. The second-order valence-corrected chi connectivity index (χ2v) is 5.57. The van der Waals surface area contributed by atoms with Crippen LogP contribution >= 0.6 is 0 Å². The van der Waals surface area contributed by atoms with E-state index in [1.54, 1.807) is 0 Å². The maximum atomic E-state index is 11.6. The van der Waals surface area contributed by atoms with Crippen molar-refractivity contribution < 1.29 is 19.6 Å². The third-order valence-electron chi connectivity index (χ3n) is 2.68. The fourth-order valence-electron chi connectivity index (χ4n) is 2.13. The Morgan fingerprint density at radius 1 is 1.56 bits per heavy atom. The smallest absolute Gasteiger partial charge is 0.278 e. The highest BCUT2D eigenvalue weighted by Crippen LogP contribution is 2.09. The van der Waals surface area contributed by atoms with Crippen LogP contribution in [0, 0.1) is 5.41 Å². The lowest BCUT2D eigenvalue weighted by Gasteiger charge is -2.35. The van der Waals surface area contributed by atoms with Gasteiger partial charge in [0.25, 0.3) is 5.91 Å². The first-order chi connectivity index (χ1) is 7.29. The number of carboxylic acids is 1. The van der Waals surface area contributed by atoms with E-state index in [2.05, 4.69) is 26.1 Å². The van der Waals surface area contributed by atoms with Crippen LogP contribution in [0.25, 0.3) is 0 Å². The number of hydrogen-bond donors (Lipinski definition) is 2. The lowest BCUT2D eigenvalue weighted by atomic mass is 9.94. The first-order valence-corrected chi connectivity index (χ1v) is 5.62. The molecule has 2 N–H and O–H groups in total. The minimum absolute atomic E-state index is 0.0805. The van der Waals surface area contributed by atoms with Crippen molar-refractivity contribution >= 4 is 11.9 Å². The number of rotatable bonds is 3. The normalized spacial score (nSPS) is 26.3. The van der Waals surface area contributed by atoms with Gasteiger partial charge in [0.2, 0.25) is 0 Å². The van der Waals surface area contributed by atoms with Gasteiger partial charge in [0.1, 0.15) is 0 Å². The Labute approximate surface area is 95.8 Å². The van der Waals surface area contributed by atoms with Gasteiger partial charge in [-0.3, -0.25) is 4.79 Å². The molecule has 92 valence electrons. The minimum Gasteiger partial charge on any atom is -0.550 e. The second-order valence-electron chi connectivity index (χ2n) is 5.57. The molecule has 0 aromatic heterocycles. The van der Waals surface area contributed by atoms with E-state index in [-0.39, 0.29) is 17.7 Å². The van der Waals surface area contributed by atoms with E-state index < -0.39 is 12.0 Å². The van der Waals surface area contributed by atoms with Gasteiger partial charge in [-0.1, -0.05) is 20.8 Å². The van der Waals surface area contributed by atoms with Crippen molar-refractivity contribution in [3.05, 3.63) is 0 Å². The number of hydrogen-bond acceptors (Lipinski definition) is 3. The molecule has 1 saturated heterocycles. The summed E-state index contributed by atoms with van der Waals surface area (Å²) in [6.45, 7) is 8.45. The van der Waals surface area contributed by atoms with Crippen molar-refractivity contribution in [3.8, 4) is 0 Å². The molecule has 5 heteroatoms. The Morgan fingerprint density at radius 3 is 2.69 bits per heavy atom. The predicted octanol–water partition coefficient (Wildman–Crippen LogP) is -2.44. The summed E-state index contributed by atoms with van der Waals surface area (Å²) < 4.78 is 0. The van der Waals surface area contributed by atoms with Gasteiger partial charge in [0, 0.05) is 17.8 Å². The molecule has 0 radical (unpaired) electrons. The summed E-state index contributed by atoms with van der Waals surface area (Å²) in [6.07, 6.45) is -0.197. The first-order valence-electron chi connectivity index (χ1n) is 5.62. The van der Waals surface area contributed by atoms with Gasteiger partial charge < -0.3 is 20.1 Å². The number of carboxylic acid groups (broad SMARTS) is 1. The van der Waals surface area contributed by atoms with Crippen molar-refractivity contribution in [1.29, 1.82) is 0 Å². The molecule has 5 nitrogen and oxygen atoms in total. The zero-order valence-electron chi connectivity index (χ0n) is 10.1. The molecule has 2 atom stereocenters. The predicted molar refractivity (Wildman–Crippen MR) is 56.6 cm³/mol. The van der Waals surface area contributed by atoms with Crippen LogP contribution < -0.4 is 15.3 Å². The molecule has 1 rings (SSSR count). The van der Waals surface area contributed by atoms with Crippen molar-refractivity contribution in [3.63, 3.8) is 0 Å². The summed E-state index contributed by atoms with van der Waals surface area (Å²) >= 11 is 0. The molecule has 0 aromatic carbocycles. The molecule has 2 unspecified atom stereocenters. The zero-order valence-corrected chi connectivity index (χ0v) is 10.1. The highest BCUT2D eigenvalue weighted by atomic mass is 16.4. The summed E-state index contributed by atoms with van der Waals surface area (Å²) in [5.74, 6) is -1.33. The van der Waals surface area contributed by atoms with Crippen LogP contribution in [0.2, 0.25) is 0 Å². The Balaban J connectivity index is 2.70. The maximum absolute atomic E-state index is 11.6. The number of nitrogens with one attached hydrogen (secondary N) is 2. The summed E-state index contributed by atoms with van der Waals surface area (Å²) in [7, 11) is 0. The first kappa shape index (κ1) is 13.0. The number of aliphatic carboxylic acids is 1. The van der Waals surface area contributed by atoms with E-state index in [4.69, 9.17) is 0 Å². The van der Waals surface area contributed by atoms with Crippen molar-refractivity contribution in [2.75, 3.05) is 19.6 Å². The van der Waals surface area contributed by atoms with Gasteiger partial charge in [-0.05, 0) is 0 Å². The summed E-state index contributed by atoms with van der Waals surface area (Å²) in [6, 6.07) is -0.502. The Bertz CT molecular complexity index is 283. The molecular formula is C11H20N2O3. The minimum atomic E-state index is -1.16. The molecule has 1 aliphatic heterocycles. The van der Waals surface area contributed by atoms with Gasteiger partial charge in [-0.25, -0.2) is 0 Å². The van der Waals surface area contributed by atoms with Crippen LogP contribution in [0.4, 0.5) is 0 Å². The maximum Gasteiger partial charge on any atom is 0.278 e. The molecule has 1 aliphatic rings. The van der Waals surface area contributed by atoms with Gasteiger partial charge in [0.05, 0.1) is 19.6 Å². The monoisotopic (exact) mass is 228 g/mol. The highest BCUT2D eigenvalue weighted by Gasteiger charge is 2.35. The second kappa shape index (κ2) is 4.82. The van der Waals surface area contributed by atoms with Crippen LogP contribution in [-0.4, -0.2) is 37.6 Å². The molecule has 1 fully saturated rings. The zero-order chi connectivity index (χ0) is 12.3. The number of piperazine rings is 1. The van der Waals surface area contributed by atoms with Gasteiger partial charge in [-0.2, -0.15) is 0 Å². The van der Waals surface area contributed by atoms with Crippen LogP contribution in [0.1, 0.15) is 27.2 Å². The third kappa shape index (κ3) is 3.81. The van der Waals surface area contributed by atoms with Crippen LogP contribution in [0.5, 0.6) is 0 Å². The number of carbonyl (C=O) groups excluding carboxylic acids is 2. The standard InChI is InChI=1S/C11H20N2O3/c1-11(2,3)7-13-5-4-12-10(16)8(13)6-9(14)15/h8H,4-7H2,1-3H3,(H,12,16)(H,14,15). The molecule has 0 saturated carbocycles. The topological polar surface area (TPSA) is 73.7 Å². The van der Waals surface area contributed by atoms with E-state index in [0.717, 1.165) is 18.0 Å². The number of quaternary nitrogens is 1. The molecule has 0 bridgehead atoms.